The van der Waals surface area contributed by atoms with Gasteiger partial charge >= 0.3 is 12.0 Å². The lowest BCUT2D eigenvalue weighted by atomic mass is 10.2. The Hall–Kier alpha value is -2.08. The van der Waals surface area contributed by atoms with Crippen LogP contribution in [0.2, 0.25) is 0 Å². The first-order valence-corrected chi connectivity index (χ1v) is 6.64. The van der Waals surface area contributed by atoms with Crippen molar-refractivity contribution in [1.29, 1.82) is 0 Å². The van der Waals surface area contributed by atoms with E-state index in [4.69, 9.17) is 5.11 Å². The molecule has 0 radical (unpaired) electrons. The monoisotopic (exact) mass is 277 g/mol. The van der Waals surface area contributed by atoms with Crippen LogP contribution < -0.4 is 5.32 Å². The zero-order chi connectivity index (χ0) is 14.5. The van der Waals surface area contributed by atoms with Gasteiger partial charge < -0.3 is 20.2 Å². The maximum atomic E-state index is 12.2. The largest absolute Gasteiger partial charge is 0.478 e. The van der Waals surface area contributed by atoms with Crippen LogP contribution in [-0.2, 0) is 0 Å². The molecule has 0 unspecified atom stereocenters. The number of carboxylic acid groups (broad SMARTS) is 1. The van der Waals surface area contributed by atoms with Gasteiger partial charge in [-0.3, -0.25) is 0 Å². The second-order valence-corrected chi connectivity index (χ2v) is 4.92. The third-order valence-electron chi connectivity index (χ3n) is 3.41. The van der Waals surface area contributed by atoms with Crippen LogP contribution in [0.25, 0.3) is 0 Å². The number of aromatic carboxylic acids is 1. The summed E-state index contributed by atoms with van der Waals surface area (Å²) in [4.78, 5) is 27.2. The van der Waals surface area contributed by atoms with Crippen molar-refractivity contribution in [3.8, 4) is 0 Å². The van der Waals surface area contributed by atoms with Gasteiger partial charge in [0.15, 0.2) is 0 Å². The first-order chi connectivity index (χ1) is 9.58. The van der Waals surface area contributed by atoms with Gasteiger partial charge in [0.1, 0.15) is 0 Å². The number of amides is 2. The van der Waals surface area contributed by atoms with E-state index in [1.807, 2.05) is 7.05 Å². The molecule has 2 rings (SSSR count). The summed E-state index contributed by atoms with van der Waals surface area (Å²) in [5.41, 5.74) is 0.440. The van der Waals surface area contributed by atoms with Crippen molar-refractivity contribution in [3.05, 3.63) is 29.8 Å². The Morgan fingerprint density at radius 1 is 1.15 bits per heavy atom. The molecular formula is C14H19N3O3. The lowest BCUT2D eigenvalue weighted by Crippen LogP contribution is -2.37. The molecule has 108 valence electrons. The number of hydrogen-bond donors (Lipinski definition) is 2. The topological polar surface area (TPSA) is 72.9 Å². The van der Waals surface area contributed by atoms with E-state index in [0.29, 0.717) is 18.8 Å². The highest BCUT2D eigenvalue weighted by Crippen LogP contribution is 2.16. The van der Waals surface area contributed by atoms with Gasteiger partial charge in [0.05, 0.1) is 11.3 Å². The molecule has 6 heteroatoms. The molecule has 0 spiro atoms. The quantitative estimate of drug-likeness (QED) is 0.860. The van der Waals surface area contributed by atoms with Gasteiger partial charge in [-0.15, -0.1) is 0 Å². The number of benzene rings is 1. The molecule has 1 aromatic rings. The summed E-state index contributed by atoms with van der Waals surface area (Å²) in [5.74, 6) is -1.04. The molecule has 0 atom stereocenters. The number of carbonyl (C=O) groups excluding carboxylic acids is 1. The molecule has 1 aliphatic rings. The number of para-hydroxylation sites is 1. The number of urea groups is 1. The van der Waals surface area contributed by atoms with Crippen LogP contribution in [0.4, 0.5) is 10.5 Å². The zero-order valence-electron chi connectivity index (χ0n) is 11.5. The summed E-state index contributed by atoms with van der Waals surface area (Å²) < 4.78 is 0. The van der Waals surface area contributed by atoms with Gasteiger partial charge in [-0.25, -0.2) is 9.59 Å². The zero-order valence-corrected chi connectivity index (χ0v) is 11.5. The first kappa shape index (κ1) is 14.3. The number of nitrogens with one attached hydrogen (secondary N) is 1. The number of carboxylic acids is 1. The Labute approximate surface area is 118 Å². The lowest BCUT2D eigenvalue weighted by molar-refractivity contribution is 0.0698. The predicted octanol–water partition coefficient (Wildman–Crippen LogP) is 1.55. The number of anilines is 1. The summed E-state index contributed by atoms with van der Waals surface area (Å²) in [6.45, 7) is 3.13. The molecular weight excluding hydrogens is 258 g/mol. The van der Waals surface area contributed by atoms with E-state index in [9.17, 15) is 9.59 Å². The second-order valence-electron chi connectivity index (χ2n) is 4.92. The van der Waals surface area contributed by atoms with E-state index < -0.39 is 5.97 Å². The molecule has 1 aromatic carbocycles. The van der Waals surface area contributed by atoms with Crippen LogP contribution >= 0.6 is 0 Å². The number of rotatable bonds is 2. The summed E-state index contributed by atoms with van der Waals surface area (Å²) in [5, 5.41) is 11.8. The Morgan fingerprint density at radius 2 is 1.90 bits per heavy atom. The summed E-state index contributed by atoms with van der Waals surface area (Å²) in [6.07, 6.45) is 0.921. The fraction of sp³-hybridized carbons (Fsp3) is 0.429. The molecule has 1 saturated heterocycles. The fourth-order valence-corrected chi connectivity index (χ4v) is 2.22. The van der Waals surface area contributed by atoms with E-state index >= 15 is 0 Å². The first-order valence-electron chi connectivity index (χ1n) is 6.64. The van der Waals surface area contributed by atoms with Gasteiger partial charge in [-0.2, -0.15) is 0 Å². The number of nitrogens with zero attached hydrogens (tertiary/aromatic N) is 2. The van der Waals surface area contributed by atoms with Gasteiger partial charge in [0.2, 0.25) is 0 Å². The predicted molar refractivity (Wildman–Crippen MR) is 76.1 cm³/mol. The fourth-order valence-electron chi connectivity index (χ4n) is 2.22. The minimum Gasteiger partial charge on any atom is -0.478 e. The Kier molecular flexibility index (Phi) is 4.57. The highest BCUT2D eigenvalue weighted by Gasteiger charge is 2.19. The minimum atomic E-state index is -1.04. The van der Waals surface area contributed by atoms with Crippen LogP contribution in [0.3, 0.4) is 0 Å². The average Bonchev–Trinajstić information content (AvgIpc) is 2.64. The van der Waals surface area contributed by atoms with Crippen LogP contribution in [0, 0.1) is 0 Å². The van der Waals surface area contributed by atoms with Crippen molar-refractivity contribution < 1.29 is 14.7 Å². The van der Waals surface area contributed by atoms with Crippen LogP contribution in [0.5, 0.6) is 0 Å². The van der Waals surface area contributed by atoms with Crippen molar-refractivity contribution in [3.63, 3.8) is 0 Å². The molecule has 2 N–H and O–H groups in total. The van der Waals surface area contributed by atoms with E-state index in [0.717, 1.165) is 19.5 Å². The van der Waals surface area contributed by atoms with E-state index in [1.165, 1.54) is 6.07 Å². The van der Waals surface area contributed by atoms with Crippen molar-refractivity contribution in [2.24, 2.45) is 0 Å². The third kappa shape index (κ3) is 3.48. The third-order valence-corrected chi connectivity index (χ3v) is 3.41. The molecule has 2 amide bonds. The molecule has 0 bridgehead atoms. The van der Waals surface area contributed by atoms with Crippen LogP contribution in [0.1, 0.15) is 16.8 Å². The van der Waals surface area contributed by atoms with Gasteiger partial charge in [0, 0.05) is 19.6 Å². The Bertz CT molecular complexity index is 504. The maximum Gasteiger partial charge on any atom is 0.337 e. The van der Waals surface area contributed by atoms with Crippen molar-refractivity contribution in [1.82, 2.24) is 9.80 Å². The molecule has 1 fully saturated rings. The van der Waals surface area contributed by atoms with E-state index in [1.54, 1.807) is 23.1 Å². The van der Waals surface area contributed by atoms with Gasteiger partial charge in [-0.05, 0) is 32.1 Å². The summed E-state index contributed by atoms with van der Waals surface area (Å²) in [7, 11) is 2.03. The summed E-state index contributed by atoms with van der Waals surface area (Å²) >= 11 is 0. The molecule has 0 aromatic heterocycles. The van der Waals surface area contributed by atoms with Crippen molar-refractivity contribution >= 4 is 17.7 Å². The molecule has 1 heterocycles. The maximum absolute atomic E-state index is 12.2. The van der Waals surface area contributed by atoms with Crippen molar-refractivity contribution in [2.75, 3.05) is 38.5 Å². The molecule has 0 saturated carbocycles. The highest BCUT2D eigenvalue weighted by atomic mass is 16.4. The normalized spacial score (nSPS) is 16.6. The molecule has 0 aliphatic carbocycles. The smallest absolute Gasteiger partial charge is 0.337 e. The number of likely N-dealkylation sites (N-methyl/N-ethyl adjacent to an activating group) is 1. The van der Waals surface area contributed by atoms with Crippen molar-refractivity contribution in [2.45, 2.75) is 6.42 Å². The van der Waals surface area contributed by atoms with Gasteiger partial charge in [0.25, 0.3) is 0 Å². The SMILES string of the molecule is CN1CCCN(C(=O)Nc2ccccc2C(=O)O)CC1. The number of hydrogen-bond acceptors (Lipinski definition) is 3. The number of carbonyl (C=O) groups is 2. The van der Waals surface area contributed by atoms with Crippen LogP contribution in [0.15, 0.2) is 24.3 Å². The second kappa shape index (κ2) is 6.38. The Balaban J connectivity index is 2.06. The van der Waals surface area contributed by atoms with E-state index in [2.05, 4.69) is 10.2 Å². The molecule has 20 heavy (non-hydrogen) atoms. The van der Waals surface area contributed by atoms with Gasteiger partial charge in [-0.1, -0.05) is 12.1 Å². The Morgan fingerprint density at radius 3 is 2.65 bits per heavy atom. The molecule has 6 nitrogen and oxygen atoms in total. The summed E-state index contributed by atoms with van der Waals surface area (Å²) in [6, 6.07) is 6.19. The minimum absolute atomic E-state index is 0.104. The molecule has 1 aliphatic heterocycles. The standard InChI is InChI=1S/C14H19N3O3/c1-16-7-4-8-17(10-9-16)14(20)15-12-6-3-2-5-11(12)13(18)19/h2-3,5-6H,4,7-10H2,1H3,(H,15,20)(H,18,19). The highest BCUT2D eigenvalue weighted by molar-refractivity contribution is 5.99. The van der Waals surface area contributed by atoms with E-state index in [-0.39, 0.29) is 11.6 Å². The average molecular weight is 277 g/mol. The van der Waals surface area contributed by atoms with Crippen LogP contribution in [-0.4, -0.2) is 60.1 Å². The lowest BCUT2D eigenvalue weighted by Gasteiger charge is -2.21.